The second-order valence-electron chi connectivity index (χ2n) is 5.79. The van der Waals surface area contributed by atoms with Crippen LogP contribution >= 0.6 is 0 Å². The molecule has 1 heterocycles. The minimum atomic E-state index is -0.395. The van der Waals surface area contributed by atoms with E-state index in [1.165, 1.54) is 5.69 Å². The van der Waals surface area contributed by atoms with Crippen LogP contribution in [0.3, 0.4) is 0 Å². The van der Waals surface area contributed by atoms with Gasteiger partial charge in [0.05, 0.1) is 18.8 Å². The number of nitrogens with zero attached hydrogens (tertiary/aromatic N) is 1. The van der Waals surface area contributed by atoms with Crippen molar-refractivity contribution in [3.8, 4) is 0 Å². The van der Waals surface area contributed by atoms with Gasteiger partial charge >= 0.3 is 0 Å². The maximum Gasteiger partial charge on any atom is 0.0900 e. The van der Waals surface area contributed by atoms with Crippen LogP contribution in [-0.4, -0.2) is 54.5 Å². The molecule has 1 aliphatic rings. The zero-order chi connectivity index (χ0) is 14.4. The van der Waals surface area contributed by atoms with Crippen LogP contribution in [0.4, 0.5) is 5.69 Å². The summed E-state index contributed by atoms with van der Waals surface area (Å²) in [5.41, 5.74) is 1.17. The van der Waals surface area contributed by atoms with Crippen molar-refractivity contribution >= 4 is 5.69 Å². The van der Waals surface area contributed by atoms with Crippen LogP contribution in [0.15, 0.2) is 30.3 Å². The maximum absolute atomic E-state index is 9.95. The van der Waals surface area contributed by atoms with E-state index in [4.69, 9.17) is 4.74 Å². The molecule has 4 nitrogen and oxygen atoms in total. The Morgan fingerprint density at radius 2 is 2.10 bits per heavy atom. The Balaban J connectivity index is 1.70. The van der Waals surface area contributed by atoms with Crippen LogP contribution in [0, 0.1) is 0 Å². The molecule has 0 amide bonds. The molecule has 2 atom stereocenters. The van der Waals surface area contributed by atoms with Crippen molar-refractivity contribution in [1.29, 1.82) is 0 Å². The van der Waals surface area contributed by atoms with Gasteiger partial charge in [-0.3, -0.25) is 4.90 Å². The first-order chi connectivity index (χ1) is 9.63. The fourth-order valence-electron chi connectivity index (χ4n) is 2.54. The highest BCUT2D eigenvalue weighted by atomic mass is 16.5. The number of likely N-dealkylation sites (tertiary alicyclic amines) is 1. The largest absolute Gasteiger partial charge is 0.389 e. The molecule has 0 radical (unpaired) electrons. The standard InChI is InChI=1S/C16H26N2O2/c1-13(2)20-12-16(19)11-18-9-8-15(10-18)17-14-6-4-3-5-7-14/h3-7,13,15-17,19H,8-12H2,1-2H3. The molecule has 0 aliphatic carbocycles. The lowest BCUT2D eigenvalue weighted by Crippen LogP contribution is -2.35. The molecule has 1 saturated heterocycles. The maximum atomic E-state index is 9.95. The molecule has 0 bridgehead atoms. The summed E-state index contributed by atoms with van der Waals surface area (Å²) < 4.78 is 5.44. The van der Waals surface area contributed by atoms with E-state index in [1.54, 1.807) is 0 Å². The van der Waals surface area contributed by atoms with E-state index in [2.05, 4.69) is 22.3 Å². The van der Waals surface area contributed by atoms with Gasteiger partial charge in [0.25, 0.3) is 0 Å². The van der Waals surface area contributed by atoms with Gasteiger partial charge in [0.15, 0.2) is 0 Å². The Bertz CT molecular complexity index is 383. The summed E-state index contributed by atoms with van der Waals surface area (Å²) >= 11 is 0. The van der Waals surface area contributed by atoms with Crippen LogP contribution < -0.4 is 5.32 Å². The number of aliphatic hydroxyl groups is 1. The van der Waals surface area contributed by atoms with E-state index in [0.717, 1.165) is 19.5 Å². The first kappa shape index (κ1) is 15.3. The zero-order valence-electron chi connectivity index (χ0n) is 12.5. The number of anilines is 1. The summed E-state index contributed by atoms with van der Waals surface area (Å²) in [4.78, 5) is 2.30. The molecule has 2 rings (SSSR count). The van der Waals surface area contributed by atoms with Crippen LogP contribution in [0.2, 0.25) is 0 Å². The second kappa shape index (κ2) is 7.62. The fourth-order valence-corrected chi connectivity index (χ4v) is 2.54. The van der Waals surface area contributed by atoms with Crippen molar-refractivity contribution < 1.29 is 9.84 Å². The summed E-state index contributed by atoms with van der Waals surface area (Å²) in [7, 11) is 0. The molecule has 0 spiro atoms. The highest BCUT2D eigenvalue weighted by molar-refractivity contribution is 5.43. The molecule has 112 valence electrons. The van der Waals surface area contributed by atoms with Crippen LogP contribution in [0.1, 0.15) is 20.3 Å². The third-order valence-electron chi connectivity index (χ3n) is 3.51. The van der Waals surface area contributed by atoms with Crippen molar-refractivity contribution in [2.24, 2.45) is 0 Å². The summed E-state index contributed by atoms with van der Waals surface area (Å²) in [5, 5.41) is 13.5. The van der Waals surface area contributed by atoms with Gasteiger partial charge in [-0.1, -0.05) is 18.2 Å². The average molecular weight is 278 g/mol. The summed E-state index contributed by atoms with van der Waals surface area (Å²) in [5.74, 6) is 0. The van der Waals surface area contributed by atoms with Gasteiger partial charge in [-0.15, -0.1) is 0 Å². The second-order valence-corrected chi connectivity index (χ2v) is 5.79. The third kappa shape index (κ3) is 5.12. The number of rotatable bonds is 7. The SMILES string of the molecule is CC(C)OCC(O)CN1CCC(Nc2ccccc2)C1. The van der Waals surface area contributed by atoms with Crippen molar-refractivity contribution in [2.75, 3.05) is 31.6 Å². The molecule has 0 aromatic heterocycles. The van der Waals surface area contributed by atoms with Gasteiger partial charge in [-0.2, -0.15) is 0 Å². The number of hydrogen-bond donors (Lipinski definition) is 2. The number of nitrogens with one attached hydrogen (secondary N) is 1. The predicted molar refractivity (Wildman–Crippen MR) is 82.0 cm³/mol. The molecule has 2 unspecified atom stereocenters. The normalized spacial score (nSPS) is 21.3. The van der Waals surface area contributed by atoms with E-state index in [-0.39, 0.29) is 6.10 Å². The Hall–Kier alpha value is -1.10. The van der Waals surface area contributed by atoms with Crippen molar-refractivity contribution in [1.82, 2.24) is 4.90 Å². The lowest BCUT2D eigenvalue weighted by Gasteiger charge is -2.21. The quantitative estimate of drug-likeness (QED) is 0.800. The summed E-state index contributed by atoms with van der Waals surface area (Å²) in [6.45, 7) is 7.10. The smallest absolute Gasteiger partial charge is 0.0900 e. The van der Waals surface area contributed by atoms with Gasteiger partial charge in [-0.25, -0.2) is 0 Å². The van der Waals surface area contributed by atoms with E-state index in [1.807, 2.05) is 32.0 Å². The molecule has 1 aliphatic heterocycles. The number of benzene rings is 1. The lowest BCUT2D eigenvalue weighted by atomic mass is 10.2. The van der Waals surface area contributed by atoms with Gasteiger partial charge in [0.2, 0.25) is 0 Å². The molecule has 4 heteroatoms. The monoisotopic (exact) mass is 278 g/mol. The van der Waals surface area contributed by atoms with Gasteiger partial charge < -0.3 is 15.2 Å². The minimum Gasteiger partial charge on any atom is -0.389 e. The van der Waals surface area contributed by atoms with Crippen molar-refractivity contribution in [3.63, 3.8) is 0 Å². The van der Waals surface area contributed by atoms with E-state index < -0.39 is 6.10 Å². The Kier molecular flexibility index (Phi) is 5.83. The average Bonchev–Trinajstić information content (AvgIpc) is 2.85. The Morgan fingerprint density at radius 3 is 2.80 bits per heavy atom. The molecule has 20 heavy (non-hydrogen) atoms. The fraction of sp³-hybridized carbons (Fsp3) is 0.625. The third-order valence-corrected chi connectivity index (χ3v) is 3.51. The number of β-amino-alcohol motifs (C(OH)–C–C–N with tert-alkyl or cyclic N) is 1. The molecular formula is C16H26N2O2. The van der Waals surface area contributed by atoms with E-state index in [9.17, 15) is 5.11 Å². The molecule has 1 aromatic carbocycles. The van der Waals surface area contributed by atoms with Crippen LogP contribution in [0.25, 0.3) is 0 Å². The lowest BCUT2D eigenvalue weighted by molar-refractivity contribution is -0.00587. The number of aliphatic hydroxyl groups excluding tert-OH is 1. The zero-order valence-corrected chi connectivity index (χ0v) is 12.5. The van der Waals surface area contributed by atoms with Crippen LogP contribution in [0.5, 0.6) is 0 Å². The first-order valence-electron chi connectivity index (χ1n) is 7.47. The number of para-hydroxylation sites is 1. The highest BCUT2D eigenvalue weighted by Gasteiger charge is 2.24. The summed E-state index contributed by atoms with van der Waals surface area (Å²) in [6, 6.07) is 10.8. The first-order valence-corrected chi connectivity index (χ1v) is 7.47. The van der Waals surface area contributed by atoms with Gasteiger partial charge in [-0.05, 0) is 32.4 Å². The molecule has 1 aromatic rings. The topological polar surface area (TPSA) is 44.7 Å². The minimum absolute atomic E-state index is 0.177. The Morgan fingerprint density at radius 1 is 1.35 bits per heavy atom. The molecule has 2 N–H and O–H groups in total. The van der Waals surface area contributed by atoms with Crippen molar-refractivity contribution in [3.05, 3.63) is 30.3 Å². The van der Waals surface area contributed by atoms with Gasteiger partial charge in [0.1, 0.15) is 0 Å². The van der Waals surface area contributed by atoms with E-state index >= 15 is 0 Å². The number of ether oxygens (including phenoxy) is 1. The van der Waals surface area contributed by atoms with Gasteiger partial charge in [0, 0.05) is 31.4 Å². The molecule has 1 fully saturated rings. The highest BCUT2D eigenvalue weighted by Crippen LogP contribution is 2.15. The van der Waals surface area contributed by atoms with Crippen molar-refractivity contribution in [2.45, 2.75) is 38.5 Å². The summed E-state index contributed by atoms with van der Waals surface area (Å²) in [6.07, 6.45) is 0.899. The van der Waals surface area contributed by atoms with E-state index in [0.29, 0.717) is 19.2 Å². The Labute approximate surface area is 121 Å². The number of hydrogen-bond acceptors (Lipinski definition) is 4. The van der Waals surface area contributed by atoms with Crippen LogP contribution in [-0.2, 0) is 4.74 Å². The molecule has 0 saturated carbocycles. The predicted octanol–water partition coefficient (Wildman–Crippen LogP) is 1.96. The molecular weight excluding hydrogens is 252 g/mol.